The fourth-order valence-electron chi connectivity index (χ4n) is 3.59. The number of hydrogen-bond acceptors (Lipinski definition) is 3. The summed E-state index contributed by atoms with van der Waals surface area (Å²) in [5, 5.41) is 2.85. The van der Waals surface area contributed by atoms with Crippen LogP contribution in [-0.2, 0) is 16.1 Å². The van der Waals surface area contributed by atoms with Gasteiger partial charge in [-0.15, -0.1) is 0 Å². The molecule has 2 amide bonds. The van der Waals surface area contributed by atoms with Crippen molar-refractivity contribution < 1.29 is 14.3 Å². The van der Waals surface area contributed by atoms with Gasteiger partial charge in [0, 0.05) is 13.1 Å². The van der Waals surface area contributed by atoms with E-state index >= 15 is 0 Å². The minimum atomic E-state index is -0.540. The number of hydrogen-bond donors (Lipinski definition) is 1. The molecule has 0 saturated heterocycles. The molecule has 30 heavy (non-hydrogen) atoms. The van der Waals surface area contributed by atoms with Crippen LogP contribution in [0, 0.1) is 27.7 Å². The molecular weight excluding hydrogens is 376 g/mol. The van der Waals surface area contributed by atoms with Crippen molar-refractivity contribution in [2.24, 2.45) is 0 Å². The van der Waals surface area contributed by atoms with Gasteiger partial charge in [0.2, 0.25) is 5.91 Å². The number of carbonyl (C=O) groups excluding carboxylic acids is 2. The van der Waals surface area contributed by atoms with Gasteiger partial charge in [-0.3, -0.25) is 9.59 Å². The van der Waals surface area contributed by atoms with Crippen LogP contribution in [-0.4, -0.2) is 35.9 Å². The normalized spacial score (nSPS) is 11.7. The van der Waals surface area contributed by atoms with E-state index in [1.165, 1.54) is 0 Å². The highest BCUT2D eigenvalue weighted by Gasteiger charge is 2.28. The number of carbonyl (C=O) groups is 2. The molecule has 2 rings (SSSR count). The molecule has 1 atom stereocenters. The molecule has 162 valence electrons. The highest BCUT2D eigenvalue weighted by atomic mass is 16.5. The third kappa shape index (κ3) is 6.09. The van der Waals surface area contributed by atoms with Crippen molar-refractivity contribution in [3.05, 3.63) is 64.2 Å². The molecule has 0 saturated carbocycles. The molecule has 0 bridgehead atoms. The summed E-state index contributed by atoms with van der Waals surface area (Å²) in [6.07, 6.45) is 0.534. The molecule has 0 aromatic heterocycles. The van der Waals surface area contributed by atoms with Crippen LogP contribution >= 0.6 is 0 Å². The fraction of sp³-hybridized carbons (Fsp3) is 0.440. The van der Waals surface area contributed by atoms with Gasteiger partial charge >= 0.3 is 0 Å². The van der Waals surface area contributed by atoms with Crippen LogP contribution in [0.4, 0.5) is 0 Å². The predicted octanol–water partition coefficient (Wildman–Crippen LogP) is 4.24. The largest absolute Gasteiger partial charge is 0.483 e. The Morgan fingerprint density at radius 3 is 2.40 bits per heavy atom. The molecule has 0 aliphatic rings. The van der Waals surface area contributed by atoms with Crippen LogP contribution in [0.15, 0.2) is 36.4 Å². The lowest BCUT2D eigenvalue weighted by atomic mass is 10.1. The summed E-state index contributed by atoms with van der Waals surface area (Å²) < 4.78 is 5.91. The van der Waals surface area contributed by atoms with Gasteiger partial charge in [0.25, 0.3) is 5.91 Å². The zero-order valence-electron chi connectivity index (χ0n) is 19.0. The summed E-state index contributed by atoms with van der Waals surface area (Å²) in [6, 6.07) is 11.5. The topological polar surface area (TPSA) is 58.6 Å². The van der Waals surface area contributed by atoms with Crippen molar-refractivity contribution in [2.45, 2.75) is 60.5 Å². The average Bonchev–Trinajstić information content (AvgIpc) is 2.69. The Morgan fingerprint density at radius 2 is 1.77 bits per heavy atom. The highest BCUT2D eigenvalue weighted by molar-refractivity contribution is 5.88. The van der Waals surface area contributed by atoms with Gasteiger partial charge in [0.1, 0.15) is 11.8 Å². The van der Waals surface area contributed by atoms with Crippen molar-refractivity contribution >= 4 is 11.8 Å². The number of amides is 2. The first-order valence-electron chi connectivity index (χ1n) is 10.6. The Labute approximate surface area is 180 Å². The number of benzene rings is 2. The van der Waals surface area contributed by atoms with Crippen LogP contribution in [0.1, 0.15) is 48.1 Å². The molecule has 2 aromatic carbocycles. The van der Waals surface area contributed by atoms with E-state index in [2.05, 4.69) is 11.4 Å². The number of likely N-dealkylation sites (N-methyl/N-ethyl adjacent to an activating group) is 1. The van der Waals surface area contributed by atoms with Crippen molar-refractivity contribution in [1.82, 2.24) is 10.2 Å². The van der Waals surface area contributed by atoms with Crippen LogP contribution in [0.25, 0.3) is 0 Å². The first-order chi connectivity index (χ1) is 14.3. The second-order valence-corrected chi connectivity index (χ2v) is 7.82. The van der Waals surface area contributed by atoms with Gasteiger partial charge in [-0.1, -0.05) is 42.8 Å². The number of nitrogens with zero attached hydrogens (tertiary/aromatic N) is 1. The van der Waals surface area contributed by atoms with E-state index in [0.717, 1.165) is 27.8 Å². The standard InChI is InChI=1S/C25H34N2O3/c1-7-22(25(29)26-8-2)27(15-21-11-9-10-17(3)13-21)24(28)16-30-23-14-18(4)12-19(5)20(23)6/h9-14,22H,7-8,15-16H2,1-6H3,(H,26,29). The minimum Gasteiger partial charge on any atom is -0.483 e. The SMILES string of the molecule is CCNC(=O)C(CC)N(Cc1cccc(C)c1)C(=O)COc1cc(C)cc(C)c1C. The summed E-state index contributed by atoms with van der Waals surface area (Å²) in [5.74, 6) is 0.374. The lowest BCUT2D eigenvalue weighted by Gasteiger charge is -2.30. The van der Waals surface area contributed by atoms with Gasteiger partial charge in [0.05, 0.1) is 0 Å². The second kappa shape index (κ2) is 10.8. The van der Waals surface area contributed by atoms with Crippen LogP contribution in [0.3, 0.4) is 0 Å². The van der Waals surface area contributed by atoms with Gasteiger partial charge in [0.15, 0.2) is 6.61 Å². The zero-order valence-corrected chi connectivity index (χ0v) is 19.0. The van der Waals surface area contributed by atoms with Crippen LogP contribution < -0.4 is 10.1 Å². The number of ether oxygens (including phenoxy) is 1. The van der Waals surface area contributed by atoms with E-state index in [4.69, 9.17) is 4.74 Å². The molecule has 1 unspecified atom stereocenters. The van der Waals surface area contributed by atoms with Crippen molar-refractivity contribution in [3.8, 4) is 5.75 Å². The summed E-state index contributed by atoms with van der Waals surface area (Å²) >= 11 is 0. The highest BCUT2D eigenvalue weighted by Crippen LogP contribution is 2.23. The summed E-state index contributed by atoms with van der Waals surface area (Å²) in [6.45, 7) is 12.6. The molecule has 0 aliphatic heterocycles. The second-order valence-electron chi connectivity index (χ2n) is 7.82. The molecule has 5 heteroatoms. The summed E-state index contributed by atoms with van der Waals surface area (Å²) in [5.41, 5.74) is 5.35. The quantitative estimate of drug-likeness (QED) is 0.673. The maximum absolute atomic E-state index is 13.2. The fourth-order valence-corrected chi connectivity index (χ4v) is 3.59. The van der Waals surface area contributed by atoms with Crippen molar-refractivity contribution in [3.63, 3.8) is 0 Å². The number of aryl methyl sites for hydroxylation is 3. The maximum atomic E-state index is 13.2. The molecular formula is C25H34N2O3. The first-order valence-corrected chi connectivity index (χ1v) is 10.6. The Balaban J connectivity index is 2.26. The zero-order chi connectivity index (χ0) is 22.3. The molecule has 0 spiro atoms. The van der Waals surface area contributed by atoms with Gasteiger partial charge < -0.3 is 15.0 Å². The molecule has 0 fully saturated rings. The van der Waals surface area contributed by atoms with Crippen molar-refractivity contribution in [2.75, 3.05) is 13.2 Å². The molecule has 1 N–H and O–H groups in total. The van der Waals surface area contributed by atoms with E-state index in [1.54, 1.807) is 4.90 Å². The monoisotopic (exact) mass is 410 g/mol. The Morgan fingerprint density at radius 1 is 1.03 bits per heavy atom. The van der Waals surface area contributed by atoms with E-state index in [-0.39, 0.29) is 18.4 Å². The lowest BCUT2D eigenvalue weighted by molar-refractivity contribution is -0.142. The summed E-state index contributed by atoms with van der Waals surface area (Å²) in [4.78, 5) is 27.5. The van der Waals surface area contributed by atoms with E-state index in [0.29, 0.717) is 25.3 Å². The van der Waals surface area contributed by atoms with E-state index < -0.39 is 6.04 Å². The van der Waals surface area contributed by atoms with Gasteiger partial charge in [-0.25, -0.2) is 0 Å². The van der Waals surface area contributed by atoms with Crippen LogP contribution in [0.5, 0.6) is 5.75 Å². The predicted molar refractivity (Wildman–Crippen MR) is 121 cm³/mol. The van der Waals surface area contributed by atoms with Gasteiger partial charge in [-0.2, -0.15) is 0 Å². The summed E-state index contributed by atoms with van der Waals surface area (Å²) in [7, 11) is 0. The Kier molecular flexibility index (Phi) is 8.46. The van der Waals surface area contributed by atoms with E-state index in [1.807, 2.05) is 71.9 Å². The minimum absolute atomic E-state index is 0.106. The Hall–Kier alpha value is -2.82. The first kappa shape index (κ1) is 23.5. The molecule has 0 aliphatic carbocycles. The Bertz CT molecular complexity index is 892. The lowest BCUT2D eigenvalue weighted by Crippen LogP contribution is -2.50. The number of nitrogens with one attached hydrogen (secondary N) is 1. The third-order valence-corrected chi connectivity index (χ3v) is 5.29. The molecule has 0 radical (unpaired) electrons. The maximum Gasteiger partial charge on any atom is 0.261 e. The van der Waals surface area contributed by atoms with Crippen LogP contribution in [0.2, 0.25) is 0 Å². The van der Waals surface area contributed by atoms with E-state index in [9.17, 15) is 9.59 Å². The number of rotatable bonds is 9. The average molecular weight is 411 g/mol. The van der Waals surface area contributed by atoms with Crippen molar-refractivity contribution in [1.29, 1.82) is 0 Å². The molecule has 5 nitrogen and oxygen atoms in total. The van der Waals surface area contributed by atoms with Gasteiger partial charge in [-0.05, 0) is 69.4 Å². The molecule has 0 heterocycles. The smallest absolute Gasteiger partial charge is 0.261 e. The molecule has 2 aromatic rings. The third-order valence-electron chi connectivity index (χ3n) is 5.29.